The van der Waals surface area contributed by atoms with Gasteiger partial charge in [-0.25, -0.2) is 0 Å². The highest BCUT2D eigenvalue weighted by Crippen LogP contribution is 2.42. The summed E-state index contributed by atoms with van der Waals surface area (Å²) in [6.45, 7) is 5.29. The lowest BCUT2D eigenvalue weighted by molar-refractivity contribution is -0.150. The first-order valence-electron chi connectivity index (χ1n) is 5.21. The van der Waals surface area contributed by atoms with Crippen molar-refractivity contribution < 1.29 is 14.3 Å². The van der Waals surface area contributed by atoms with Gasteiger partial charge in [0.05, 0.1) is 12.0 Å². The number of nitrogens with one attached hydrogen (secondary N) is 1. The van der Waals surface area contributed by atoms with E-state index in [2.05, 4.69) is 11.9 Å². The van der Waals surface area contributed by atoms with E-state index in [0.717, 1.165) is 12.8 Å². The predicted octanol–water partition coefficient (Wildman–Crippen LogP) is 0.773. The molecule has 1 aliphatic carbocycles. The topological polar surface area (TPSA) is 55.4 Å². The molecule has 4 nitrogen and oxygen atoms in total. The SMILES string of the molecule is C=CC(=O)NC1CCC2CC1(C)OC2=O. The molecule has 2 fully saturated rings. The highest BCUT2D eigenvalue weighted by molar-refractivity contribution is 5.87. The molecule has 0 radical (unpaired) electrons. The summed E-state index contributed by atoms with van der Waals surface area (Å²) >= 11 is 0. The van der Waals surface area contributed by atoms with Gasteiger partial charge in [0.2, 0.25) is 5.91 Å². The number of hydrogen-bond acceptors (Lipinski definition) is 3. The van der Waals surface area contributed by atoms with Crippen molar-refractivity contribution in [2.45, 2.75) is 37.8 Å². The van der Waals surface area contributed by atoms with Gasteiger partial charge >= 0.3 is 5.97 Å². The molecule has 1 aliphatic heterocycles. The number of ether oxygens (including phenoxy) is 1. The molecule has 1 heterocycles. The van der Waals surface area contributed by atoms with Crippen molar-refractivity contribution >= 4 is 11.9 Å². The molecule has 2 aliphatic rings. The summed E-state index contributed by atoms with van der Waals surface area (Å²) in [6, 6.07) is -0.0781. The van der Waals surface area contributed by atoms with Crippen LogP contribution in [0.5, 0.6) is 0 Å². The number of rotatable bonds is 2. The van der Waals surface area contributed by atoms with Crippen molar-refractivity contribution in [1.82, 2.24) is 5.32 Å². The van der Waals surface area contributed by atoms with E-state index in [-0.39, 0.29) is 23.8 Å². The molecule has 2 rings (SSSR count). The molecule has 1 N–H and O–H groups in total. The second-order valence-corrected chi connectivity index (χ2v) is 4.48. The first-order valence-corrected chi connectivity index (χ1v) is 5.21. The second kappa shape index (κ2) is 3.36. The molecule has 0 aromatic carbocycles. The van der Waals surface area contributed by atoms with Gasteiger partial charge in [-0.1, -0.05) is 6.58 Å². The summed E-state index contributed by atoms with van der Waals surface area (Å²) in [4.78, 5) is 22.6. The van der Waals surface area contributed by atoms with Crippen molar-refractivity contribution in [3.63, 3.8) is 0 Å². The Hall–Kier alpha value is -1.32. The van der Waals surface area contributed by atoms with E-state index in [0.29, 0.717) is 6.42 Å². The van der Waals surface area contributed by atoms with Gasteiger partial charge in [0.1, 0.15) is 5.60 Å². The Bertz CT molecular complexity index is 326. The maximum atomic E-state index is 11.4. The van der Waals surface area contributed by atoms with Crippen molar-refractivity contribution in [3.05, 3.63) is 12.7 Å². The van der Waals surface area contributed by atoms with Crippen LogP contribution in [0.1, 0.15) is 26.2 Å². The van der Waals surface area contributed by atoms with Gasteiger partial charge in [0, 0.05) is 6.42 Å². The zero-order valence-electron chi connectivity index (χ0n) is 8.79. The predicted molar refractivity (Wildman–Crippen MR) is 54.0 cm³/mol. The van der Waals surface area contributed by atoms with Crippen LogP contribution < -0.4 is 5.32 Å². The minimum atomic E-state index is -0.515. The highest BCUT2D eigenvalue weighted by Gasteiger charge is 2.52. The molecule has 0 aromatic heterocycles. The molecule has 1 saturated carbocycles. The third-order valence-electron chi connectivity index (χ3n) is 3.36. The number of esters is 1. The first-order chi connectivity index (χ1) is 7.05. The zero-order chi connectivity index (χ0) is 11.1. The Labute approximate surface area is 88.7 Å². The Morgan fingerprint density at radius 3 is 3.07 bits per heavy atom. The molecule has 1 amide bonds. The minimum absolute atomic E-state index is 0.0342. The maximum Gasteiger partial charge on any atom is 0.309 e. The van der Waals surface area contributed by atoms with Crippen LogP contribution in [0.3, 0.4) is 0 Å². The molecule has 3 atom stereocenters. The van der Waals surface area contributed by atoms with E-state index in [1.54, 1.807) is 0 Å². The van der Waals surface area contributed by atoms with Crippen molar-refractivity contribution in [3.8, 4) is 0 Å². The molecule has 3 unspecified atom stereocenters. The Balaban J connectivity index is 2.11. The zero-order valence-corrected chi connectivity index (χ0v) is 8.79. The number of fused-ring (bicyclic) bond motifs is 2. The highest BCUT2D eigenvalue weighted by atomic mass is 16.6. The fourth-order valence-electron chi connectivity index (χ4n) is 2.49. The van der Waals surface area contributed by atoms with Crippen LogP contribution in [0.25, 0.3) is 0 Å². The summed E-state index contributed by atoms with van der Waals surface area (Å²) in [5.41, 5.74) is -0.515. The van der Waals surface area contributed by atoms with Crippen LogP contribution in [0.15, 0.2) is 12.7 Å². The lowest BCUT2D eigenvalue weighted by Crippen LogP contribution is -2.51. The largest absolute Gasteiger partial charge is 0.457 e. The minimum Gasteiger partial charge on any atom is -0.457 e. The molecule has 0 spiro atoms. The van der Waals surface area contributed by atoms with Crippen LogP contribution in [0.4, 0.5) is 0 Å². The monoisotopic (exact) mass is 209 g/mol. The quantitative estimate of drug-likeness (QED) is 0.540. The van der Waals surface area contributed by atoms with Gasteiger partial charge in [-0.15, -0.1) is 0 Å². The molecule has 0 aromatic rings. The van der Waals surface area contributed by atoms with E-state index < -0.39 is 5.60 Å². The van der Waals surface area contributed by atoms with Gasteiger partial charge in [-0.2, -0.15) is 0 Å². The van der Waals surface area contributed by atoms with E-state index in [4.69, 9.17) is 4.74 Å². The fraction of sp³-hybridized carbons (Fsp3) is 0.636. The van der Waals surface area contributed by atoms with E-state index in [1.807, 2.05) is 6.92 Å². The molecular formula is C11H15NO3. The lowest BCUT2D eigenvalue weighted by atomic mass is 9.78. The summed E-state index contributed by atoms with van der Waals surface area (Å²) in [6.07, 6.45) is 3.56. The number of carbonyl (C=O) groups is 2. The second-order valence-electron chi connectivity index (χ2n) is 4.48. The van der Waals surface area contributed by atoms with E-state index in [9.17, 15) is 9.59 Å². The van der Waals surface area contributed by atoms with Crippen LogP contribution in [0, 0.1) is 5.92 Å². The van der Waals surface area contributed by atoms with Crippen molar-refractivity contribution in [2.24, 2.45) is 5.92 Å². The smallest absolute Gasteiger partial charge is 0.309 e. The van der Waals surface area contributed by atoms with Crippen LogP contribution in [-0.4, -0.2) is 23.5 Å². The average Bonchev–Trinajstić information content (AvgIpc) is 2.43. The molecule has 4 heteroatoms. The fourth-order valence-corrected chi connectivity index (χ4v) is 2.49. The first kappa shape index (κ1) is 10.2. The van der Waals surface area contributed by atoms with Gasteiger partial charge in [0.25, 0.3) is 0 Å². The molecule has 1 saturated heterocycles. The van der Waals surface area contributed by atoms with Gasteiger partial charge in [-0.3, -0.25) is 9.59 Å². The Morgan fingerprint density at radius 1 is 1.67 bits per heavy atom. The summed E-state index contributed by atoms with van der Waals surface area (Å²) in [5.74, 6) is -0.289. The number of carbonyl (C=O) groups excluding carboxylic acids is 2. The lowest BCUT2D eigenvalue weighted by Gasteiger charge is -2.35. The van der Waals surface area contributed by atoms with Gasteiger partial charge < -0.3 is 10.1 Å². The van der Waals surface area contributed by atoms with Gasteiger partial charge in [-0.05, 0) is 25.8 Å². The van der Waals surface area contributed by atoms with Crippen LogP contribution >= 0.6 is 0 Å². The third kappa shape index (κ3) is 1.64. The normalized spacial score (nSPS) is 38.3. The summed E-state index contributed by atoms with van der Waals surface area (Å²) in [5, 5.41) is 2.82. The van der Waals surface area contributed by atoms with Crippen LogP contribution in [-0.2, 0) is 14.3 Å². The Morgan fingerprint density at radius 2 is 2.40 bits per heavy atom. The molecule has 2 bridgehead atoms. The maximum absolute atomic E-state index is 11.4. The number of amides is 1. The Kier molecular flexibility index (Phi) is 2.29. The standard InChI is InChI=1S/C11H15NO3/c1-3-9(13)12-8-5-4-7-6-11(8,2)15-10(7)14/h3,7-8H,1,4-6H2,2H3,(H,12,13). The van der Waals surface area contributed by atoms with E-state index in [1.165, 1.54) is 6.08 Å². The number of hydrogen-bond donors (Lipinski definition) is 1. The average molecular weight is 209 g/mol. The molecular weight excluding hydrogens is 194 g/mol. The van der Waals surface area contributed by atoms with Gasteiger partial charge in [0.15, 0.2) is 0 Å². The van der Waals surface area contributed by atoms with Crippen molar-refractivity contribution in [1.29, 1.82) is 0 Å². The van der Waals surface area contributed by atoms with Crippen LogP contribution in [0.2, 0.25) is 0 Å². The van der Waals surface area contributed by atoms with Crippen molar-refractivity contribution in [2.75, 3.05) is 0 Å². The molecule has 15 heavy (non-hydrogen) atoms. The summed E-state index contributed by atoms with van der Waals surface area (Å²) < 4.78 is 5.34. The third-order valence-corrected chi connectivity index (χ3v) is 3.36. The summed E-state index contributed by atoms with van der Waals surface area (Å²) in [7, 11) is 0. The van der Waals surface area contributed by atoms with E-state index >= 15 is 0 Å². The molecule has 82 valence electrons.